The number of anilines is 1. The molecule has 0 fully saturated rings. The largest absolute Gasteiger partial charge is 0.308 e. The van der Waals surface area contributed by atoms with Crippen molar-refractivity contribution in [2.24, 2.45) is 0 Å². The van der Waals surface area contributed by atoms with E-state index >= 15 is 0 Å². The zero-order valence-corrected chi connectivity index (χ0v) is 15.6. The third-order valence-corrected chi connectivity index (χ3v) is 4.86. The highest BCUT2D eigenvalue weighted by atomic mass is 32.1. The van der Waals surface area contributed by atoms with Crippen LogP contribution in [0.3, 0.4) is 0 Å². The van der Waals surface area contributed by atoms with E-state index in [1.165, 1.54) is 11.0 Å². The zero-order valence-electron chi connectivity index (χ0n) is 14.7. The predicted molar refractivity (Wildman–Crippen MR) is 97.7 cm³/mol. The Labute approximate surface area is 153 Å². The van der Waals surface area contributed by atoms with Crippen molar-refractivity contribution in [3.8, 4) is 0 Å². The van der Waals surface area contributed by atoms with Gasteiger partial charge in [0, 0.05) is 31.9 Å². The van der Waals surface area contributed by atoms with Crippen LogP contribution in [0.15, 0.2) is 24.4 Å². The van der Waals surface area contributed by atoms with E-state index in [1.807, 2.05) is 25.9 Å². The van der Waals surface area contributed by atoms with E-state index in [1.54, 1.807) is 16.9 Å². The summed E-state index contributed by atoms with van der Waals surface area (Å²) >= 11 is 1.08. The first-order valence-electron chi connectivity index (χ1n) is 8.14. The predicted octanol–water partition coefficient (Wildman–Crippen LogP) is 3.00. The summed E-state index contributed by atoms with van der Waals surface area (Å²) < 4.78 is 29.5. The van der Waals surface area contributed by atoms with E-state index in [-0.39, 0.29) is 17.1 Å². The van der Waals surface area contributed by atoms with Crippen molar-refractivity contribution in [3.05, 3.63) is 41.7 Å². The van der Waals surface area contributed by atoms with Crippen molar-refractivity contribution in [2.45, 2.75) is 13.5 Å². The highest BCUT2D eigenvalue weighted by Gasteiger charge is 2.24. The lowest BCUT2D eigenvalue weighted by Gasteiger charge is -2.21. The molecule has 0 bridgehead atoms. The summed E-state index contributed by atoms with van der Waals surface area (Å²) in [7, 11) is 3.78. The number of amides is 1. The smallest absolute Gasteiger partial charge is 0.280 e. The topological polar surface area (TPSA) is 54.3 Å². The van der Waals surface area contributed by atoms with Crippen LogP contribution in [0.1, 0.15) is 17.4 Å². The molecule has 1 aromatic carbocycles. The van der Waals surface area contributed by atoms with Gasteiger partial charge in [0.25, 0.3) is 5.91 Å². The Bertz CT molecular complexity index is 937. The molecule has 0 atom stereocenters. The van der Waals surface area contributed by atoms with Gasteiger partial charge in [0.2, 0.25) is 0 Å². The molecule has 0 saturated carbocycles. The third kappa shape index (κ3) is 3.73. The first-order chi connectivity index (χ1) is 12.4. The summed E-state index contributed by atoms with van der Waals surface area (Å²) in [5, 5.41) is 4.56. The number of hydrogen-bond donors (Lipinski definition) is 0. The van der Waals surface area contributed by atoms with E-state index in [9.17, 15) is 13.6 Å². The molecule has 0 aliphatic rings. The molecule has 2 heterocycles. The van der Waals surface area contributed by atoms with Gasteiger partial charge in [0.1, 0.15) is 11.3 Å². The van der Waals surface area contributed by atoms with Crippen molar-refractivity contribution in [2.75, 3.05) is 32.1 Å². The molecule has 9 heteroatoms. The summed E-state index contributed by atoms with van der Waals surface area (Å²) in [6, 6.07) is 3.66. The van der Waals surface area contributed by atoms with Crippen molar-refractivity contribution in [1.82, 2.24) is 19.7 Å². The minimum absolute atomic E-state index is 0.0631. The molecule has 2 aromatic heterocycles. The summed E-state index contributed by atoms with van der Waals surface area (Å²) in [6.07, 6.45) is 1.73. The first kappa shape index (κ1) is 18.4. The minimum Gasteiger partial charge on any atom is -0.308 e. The number of likely N-dealkylation sites (N-methyl/N-ethyl adjacent to an activating group) is 1. The van der Waals surface area contributed by atoms with E-state index in [4.69, 9.17) is 0 Å². The fourth-order valence-corrected chi connectivity index (χ4v) is 3.46. The van der Waals surface area contributed by atoms with Crippen molar-refractivity contribution in [1.29, 1.82) is 0 Å². The Morgan fingerprint density at radius 1 is 1.27 bits per heavy atom. The molecule has 0 unspecified atom stereocenters. The van der Waals surface area contributed by atoms with Crippen LogP contribution in [0.25, 0.3) is 10.2 Å². The lowest BCUT2D eigenvalue weighted by molar-refractivity contribution is 0.0979. The summed E-state index contributed by atoms with van der Waals surface area (Å²) in [5.41, 5.74) is 0.352. The fourth-order valence-electron chi connectivity index (χ4n) is 2.44. The molecule has 0 spiro atoms. The van der Waals surface area contributed by atoms with Gasteiger partial charge in [-0.3, -0.25) is 14.4 Å². The van der Waals surface area contributed by atoms with Crippen LogP contribution < -0.4 is 4.90 Å². The molecule has 3 aromatic rings. The Morgan fingerprint density at radius 2 is 2.04 bits per heavy atom. The van der Waals surface area contributed by atoms with Gasteiger partial charge in [-0.15, -0.1) is 0 Å². The van der Waals surface area contributed by atoms with Gasteiger partial charge >= 0.3 is 0 Å². The number of nitrogens with zero attached hydrogens (tertiary/aromatic N) is 5. The molecule has 0 N–H and O–H groups in total. The van der Waals surface area contributed by atoms with E-state index in [0.29, 0.717) is 29.5 Å². The highest BCUT2D eigenvalue weighted by molar-refractivity contribution is 7.22. The molecule has 138 valence electrons. The van der Waals surface area contributed by atoms with Gasteiger partial charge in [-0.05, 0) is 33.2 Å². The Kier molecular flexibility index (Phi) is 5.28. The molecule has 26 heavy (non-hydrogen) atoms. The van der Waals surface area contributed by atoms with Gasteiger partial charge in [-0.25, -0.2) is 13.8 Å². The van der Waals surface area contributed by atoms with Gasteiger partial charge < -0.3 is 4.90 Å². The summed E-state index contributed by atoms with van der Waals surface area (Å²) in [5.74, 6) is -1.73. The van der Waals surface area contributed by atoms with Gasteiger partial charge in [-0.1, -0.05) is 11.3 Å². The Hall–Kier alpha value is -2.39. The lowest BCUT2D eigenvalue weighted by Crippen LogP contribution is -2.37. The second-order valence-electron chi connectivity index (χ2n) is 6.05. The van der Waals surface area contributed by atoms with Gasteiger partial charge in [0.05, 0.1) is 4.70 Å². The van der Waals surface area contributed by atoms with E-state index in [2.05, 4.69) is 10.1 Å². The number of aryl methyl sites for hydroxylation is 1. The van der Waals surface area contributed by atoms with Crippen LogP contribution in [-0.2, 0) is 6.54 Å². The number of carbonyl (C=O) groups excluding carboxylic acids is 1. The zero-order chi connectivity index (χ0) is 18.8. The first-order valence-corrected chi connectivity index (χ1v) is 8.96. The lowest BCUT2D eigenvalue weighted by atomic mass is 10.3. The summed E-state index contributed by atoms with van der Waals surface area (Å²) in [4.78, 5) is 20.6. The third-order valence-electron chi connectivity index (χ3n) is 3.83. The fraction of sp³-hybridized carbons (Fsp3) is 0.353. The average Bonchev–Trinajstić information content (AvgIpc) is 3.21. The highest BCUT2D eigenvalue weighted by Crippen LogP contribution is 2.31. The van der Waals surface area contributed by atoms with Gasteiger partial charge in [-0.2, -0.15) is 5.10 Å². The van der Waals surface area contributed by atoms with Crippen molar-refractivity contribution >= 4 is 32.6 Å². The Balaban J connectivity index is 2.00. The van der Waals surface area contributed by atoms with Crippen LogP contribution in [0, 0.1) is 11.6 Å². The molecular formula is C17H19F2N5OS. The maximum absolute atomic E-state index is 14.0. The van der Waals surface area contributed by atoms with Gasteiger partial charge in [0.15, 0.2) is 16.6 Å². The minimum atomic E-state index is -0.738. The van der Waals surface area contributed by atoms with E-state index < -0.39 is 11.6 Å². The molecule has 0 saturated heterocycles. The standard InChI is InChI=1S/C17H19F2N5OS/c1-4-23-6-5-13(21-23)16(25)24(8-7-22(2)3)17-20-15-12(19)9-11(18)10-14(15)26-17/h5-6,9-10H,4,7-8H2,1-3H3. The molecule has 0 aliphatic carbocycles. The van der Waals surface area contributed by atoms with Crippen LogP contribution in [0.2, 0.25) is 0 Å². The number of thiazole rings is 1. The second kappa shape index (κ2) is 7.46. The van der Waals surface area contributed by atoms with Crippen LogP contribution >= 0.6 is 11.3 Å². The van der Waals surface area contributed by atoms with Crippen LogP contribution in [0.5, 0.6) is 0 Å². The maximum Gasteiger partial charge on any atom is 0.280 e. The number of carbonyl (C=O) groups is 1. The molecular weight excluding hydrogens is 360 g/mol. The molecule has 6 nitrogen and oxygen atoms in total. The Morgan fingerprint density at radius 3 is 2.69 bits per heavy atom. The average molecular weight is 379 g/mol. The molecule has 0 radical (unpaired) electrons. The monoisotopic (exact) mass is 379 g/mol. The number of fused-ring (bicyclic) bond motifs is 1. The quantitative estimate of drug-likeness (QED) is 0.661. The molecule has 3 rings (SSSR count). The maximum atomic E-state index is 14.0. The second-order valence-corrected chi connectivity index (χ2v) is 7.06. The number of aromatic nitrogens is 3. The number of halogens is 2. The molecule has 0 aliphatic heterocycles. The molecule has 1 amide bonds. The number of rotatable bonds is 6. The van der Waals surface area contributed by atoms with Crippen molar-refractivity contribution < 1.29 is 13.6 Å². The number of hydrogen-bond acceptors (Lipinski definition) is 5. The van der Waals surface area contributed by atoms with Crippen LogP contribution in [-0.4, -0.2) is 52.8 Å². The SMILES string of the molecule is CCn1ccc(C(=O)N(CCN(C)C)c2nc3c(F)cc(F)cc3s2)n1. The van der Waals surface area contributed by atoms with Crippen molar-refractivity contribution in [3.63, 3.8) is 0 Å². The van der Waals surface area contributed by atoms with E-state index in [0.717, 1.165) is 17.4 Å². The normalized spacial score (nSPS) is 11.5. The van der Waals surface area contributed by atoms with Crippen LogP contribution in [0.4, 0.5) is 13.9 Å². The summed E-state index contributed by atoms with van der Waals surface area (Å²) in [6.45, 7) is 3.52. The number of benzene rings is 1.